The Kier molecular flexibility index (Phi) is 5.13. The van der Waals surface area contributed by atoms with Crippen LogP contribution >= 0.6 is 23.2 Å². The molecule has 0 saturated heterocycles. The average molecular weight is 362 g/mol. The van der Waals surface area contributed by atoms with E-state index in [2.05, 4.69) is 15.5 Å². The molecule has 0 unspecified atom stereocenters. The Morgan fingerprint density at radius 1 is 1.08 bits per heavy atom. The van der Waals surface area contributed by atoms with Crippen LogP contribution in [0.5, 0.6) is 0 Å². The number of rotatable bonds is 5. The Balaban J connectivity index is 1.58. The number of aryl methyl sites for hydroxylation is 1. The van der Waals surface area contributed by atoms with Gasteiger partial charge in [0.2, 0.25) is 17.7 Å². The van der Waals surface area contributed by atoms with Crippen molar-refractivity contribution in [3.05, 3.63) is 64.5 Å². The summed E-state index contributed by atoms with van der Waals surface area (Å²) in [6, 6.07) is 14.3. The first-order chi connectivity index (χ1) is 11.6. The first-order valence-electron chi connectivity index (χ1n) is 7.24. The van der Waals surface area contributed by atoms with E-state index in [9.17, 15) is 4.79 Å². The largest absolute Gasteiger partial charge is 0.421 e. The van der Waals surface area contributed by atoms with E-state index < -0.39 is 0 Å². The third-order valence-corrected chi connectivity index (χ3v) is 3.81. The zero-order valence-electron chi connectivity index (χ0n) is 12.5. The fourth-order valence-corrected chi connectivity index (χ4v) is 2.53. The highest BCUT2D eigenvalue weighted by Crippen LogP contribution is 2.25. The Bertz CT molecular complexity index is 850. The van der Waals surface area contributed by atoms with Crippen LogP contribution in [-0.4, -0.2) is 16.1 Å². The van der Waals surface area contributed by atoms with Crippen molar-refractivity contribution in [2.45, 2.75) is 12.8 Å². The van der Waals surface area contributed by atoms with Gasteiger partial charge in [-0.25, -0.2) is 0 Å². The second-order valence-corrected chi connectivity index (χ2v) is 5.88. The summed E-state index contributed by atoms with van der Waals surface area (Å²) in [5, 5.41) is 11.6. The minimum absolute atomic E-state index is 0.196. The Hall–Kier alpha value is -2.37. The maximum atomic E-state index is 12.0. The molecule has 24 heavy (non-hydrogen) atoms. The molecule has 0 fully saturated rings. The van der Waals surface area contributed by atoms with Crippen molar-refractivity contribution in [2.75, 3.05) is 5.32 Å². The number of halogens is 2. The number of nitrogens with one attached hydrogen (secondary N) is 1. The first-order valence-corrected chi connectivity index (χ1v) is 8.00. The molecule has 0 aliphatic heterocycles. The van der Waals surface area contributed by atoms with E-state index in [0.29, 0.717) is 33.9 Å². The van der Waals surface area contributed by atoms with Gasteiger partial charge in [0.15, 0.2) is 0 Å². The zero-order valence-corrected chi connectivity index (χ0v) is 14.0. The smallest absolute Gasteiger partial charge is 0.247 e. The van der Waals surface area contributed by atoms with Crippen LogP contribution < -0.4 is 5.32 Å². The number of hydrogen-bond acceptors (Lipinski definition) is 4. The van der Waals surface area contributed by atoms with Crippen molar-refractivity contribution < 1.29 is 9.21 Å². The second-order valence-electron chi connectivity index (χ2n) is 5.04. The lowest BCUT2D eigenvalue weighted by atomic mass is 10.2. The van der Waals surface area contributed by atoms with Crippen molar-refractivity contribution in [2.24, 2.45) is 0 Å². The quantitative estimate of drug-likeness (QED) is 0.719. The summed E-state index contributed by atoms with van der Waals surface area (Å²) in [5.74, 6) is 0.650. The van der Waals surface area contributed by atoms with E-state index in [1.54, 1.807) is 18.2 Å². The normalized spacial score (nSPS) is 10.6. The van der Waals surface area contributed by atoms with E-state index in [1.165, 1.54) is 0 Å². The molecule has 1 amide bonds. The topological polar surface area (TPSA) is 68.0 Å². The molecule has 3 rings (SSSR count). The number of benzene rings is 2. The maximum Gasteiger partial charge on any atom is 0.247 e. The Morgan fingerprint density at radius 2 is 1.88 bits per heavy atom. The summed E-state index contributed by atoms with van der Waals surface area (Å²) in [5.41, 5.74) is 1.36. The summed E-state index contributed by atoms with van der Waals surface area (Å²) < 4.78 is 5.56. The summed E-state index contributed by atoms with van der Waals surface area (Å²) >= 11 is 11.8. The minimum atomic E-state index is -0.196. The molecule has 0 aliphatic rings. The van der Waals surface area contributed by atoms with Gasteiger partial charge in [0, 0.05) is 23.4 Å². The lowest BCUT2D eigenvalue weighted by Crippen LogP contribution is -2.12. The van der Waals surface area contributed by atoms with Gasteiger partial charge in [-0.1, -0.05) is 41.4 Å². The molecule has 3 aromatic rings. The molecule has 0 saturated carbocycles. The number of aromatic nitrogens is 2. The first kappa shape index (κ1) is 16.5. The number of nitrogens with zero attached hydrogens (tertiary/aromatic N) is 2. The van der Waals surface area contributed by atoms with E-state index in [-0.39, 0.29) is 12.3 Å². The molecule has 0 aliphatic carbocycles. The van der Waals surface area contributed by atoms with Crippen LogP contribution in [0.15, 0.2) is 52.9 Å². The van der Waals surface area contributed by atoms with Crippen molar-refractivity contribution in [1.82, 2.24) is 10.2 Å². The molecule has 7 heteroatoms. The summed E-state index contributed by atoms with van der Waals surface area (Å²) in [4.78, 5) is 12.0. The third-order valence-electron chi connectivity index (χ3n) is 3.26. The van der Waals surface area contributed by atoms with E-state index in [0.717, 1.165) is 5.56 Å². The molecule has 1 aromatic heterocycles. The average Bonchev–Trinajstić information content (AvgIpc) is 3.05. The molecule has 0 bridgehead atoms. The van der Waals surface area contributed by atoms with Crippen molar-refractivity contribution in [3.63, 3.8) is 0 Å². The summed E-state index contributed by atoms with van der Waals surface area (Å²) in [6.45, 7) is 0. The van der Waals surface area contributed by atoms with E-state index in [4.69, 9.17) is 27.6 Å². The van der Waals surface area contributed by atoms with Crippen LogP contribution in [0.2, 0.25) is 10.0 Å². The molecule has 1 N–H and O–H groups in total. The van der Waals surface area contributed by atoms with Gasteiger partial charge >= 0.3 is 0 Å². The molecule has 2 aromatic carbocycles. The van der Waals surface area contributed by atoms with Crippen LogP contribution in [0.3, 0.4) is 0 Å². The van der Waals surface area contributed by atoms with Crippen LogP contribution in [0.1, 0.15) is 12.3 Å². The molecule has 0 radical (unpaired) electrons. The van der Waals surface area contributed by atoms with E-state index in [1.807, 2.05) is 30.3 Å². The Morgan fingerprint density at radius 3 is 2.62 bits per heavy atom. The summed E-state index contributed by atoms with van der Waals surface area (Å²) in [7, 11) is 0. The second kappa shape index (κ2) is 7.47. The minimum Gasteiger partial charge on any atom is -0.421 e. The van der Waals surface area contributed by atoms with Gasteiger partial charge in [-0.15, -0.1) is 10.2 Å². The molecular formula is C17H13Cl2N3O2. The van der Waals surface area contributed by atoms with Crippen LogP contribution in [0.4, 0.5) is 5.69 Å². The van der Waals surface area contributed by atoms with Gasteiger partial charge in [0.1, 0.15) is 0 Å². The van der Waals surface area contributed by atoms with E-state index >= 15 is 0 Å². The predicted octanol–water partition coefficient (Wildman–Crippen LogP) is 4.61. The number of carbonyl (C=O) groups excluding carboxylic acids is 1. The Labute approximate surface area is 148 Å². The monoisotopic (exact) mass is 361 g/mol. The van der Waals surface area contributed by atoms with Gasteiger partial charge in [0.25, 0.3) is 0 Å². The molecule has 0 atom stereocenters. The molecule has 122 valence electrons. The zero-order chi connectivity index (χ0) is 16.9. The van der Waals surface area contributed by atoms with Gasteiger partial charge < -0.3 is 9.73 Å². The fraction of sp³-hybridized carbons (Fsp3) is 0.118. The highest BCUT2D eigenvalue weighted by atomic mass is 35.5. The van der Waals surface area contributed by atoms with Gasteiger partial charge in [-0.3, -0.25) is 4.79 Å². The fourth-order valence-electron chi connectivity index (χ4n) is 2.08. The number of anilines is 1. The van der Waals surface area contributed by atoms with Crippen molar-refractivity contribution in [3.8, 4) is 11.5 Å². The van der Waals surface area contributed by atoms with Gasteiger partial charge in [-0.2, -0.15) is 0 Å². The molecular weight excluding hydrogens is 349 g/mol. The predicted molar refractivity (Wildman–Crippen MR) is 93.1 cm³/mol. The number of amides is 1. The van der Waals surface area contributed by atoms with Crippen molar-refractivity contribution >= 4 is 34.8 Å². The maximum absolute atomic E-state index is 12.0. The standard InChI is InChI=1S/C17H13Cl2N3O2/c18-12-6-7-14(13(19)10-12)20-15(23)8-9-16-21-22-17(24-16)11-4-2-1-3-5-11/h1-7,10H,8-9H2,(H,20,23). The lowest BCUT2D eigenvalue weighted by Gasteiger charge is -2.06. The SMILES string of the molecule is O=C(CCc1nnc(-c2ccccc2)o1)Nc1ccc(Cl)cc1Cl. The van der Waals surface area contributed by atoms with Crippen LogP contribution in [0.25, 0.3) is 11.5 Å². The van der Waals surface area contributed by atoms with Crippen LogP contribution in [0, 0.1) is 0 Å². The van der Waals surface area contributed by atoms with Gasteiger partial charge in [-0.05, 0) is 30.3 Å². The highest BCUT2D eigenvalue weighted by molar-refractivity contribution is 6.36. The number of carbonyl (C=O) groups is 1. The highest BCUT2D eigenvalue weighted by Gasteiger charge is 2.11. The lowest BCUT2D eigenvalue weighted by molar-refractivity contribution is -0.116. The molecule has 5 nitrogen and oxygen atoms in total. The molecule has 0 spiro atoms. The summed E-state index contributed by atoms with van der Waals surface area (Å²) in [6.07, 6.45) is 0.548. The molecule has 1 heterocycles. The third kappa shape index (κ3) is 4.13. The van der Waals surface area contributed by atoms with Crippen molar-refractivity contribution in [1.29, 1.82) is 0 Å². The van der Waals surface area contributed by atoms with Gasteiger partial charge in [0.05, 0.1) is 10.7 Å². The number of hydrogen-bond donors (Lipinski definition) is 1. The van der Waals surface area contributed by atoms with Crippen LogP contribution in [-0.2, 0) is 11.2 Å².